The van der Waals surface area contributed by atoms with Crippen molar-refractivity contribution in [1.29, 1.82) is 0 Å². The van der Waals surface area contributed by atoms with Crippen LogP contribution in [0.2, 0.25) is 0 Å². The number of nitrogens with zero attached hydrogens (tertiary/aromatic N) is 3. The highest BCUT2D eigenvalue weighted by atomic mass is 32.2. The molecule has 0 spiro atoms. The van der Waals surface area contributed by atoms with Crippen LogP contribution in [0.25, 0.3) is 21.0 Å². The summed E-state index contributed by atoms with van der Waals surface area (Å²) >= 11 is 1.41. The summed E-state index contributed by atoms with van der Waals surface area (Å²) in [6.45, 7) is 4.62. The van der Waals surface area contributed by atoms with Crippen LogP contribution >= 0.6 is 11.3 Å². The zero-order chi connectivity index (χ0) is 23.6. The Labute approximate surface area is 196 Å². The quantitative estimate of drug-likeness (QED) is 0.390. The number of carbonyl (C=O) groups is 1. The fourth-order valence-electron chi connectivity index (χ4n) is 3.76. The van der Waals surface area contributed by atoms with Gasteiger partial charge in [-0.15, -0.1) is 6.42 Å². The van der Waals surface area contributed by atoms with Gasteiger partial charge in [0.2, 0.25) is 10.0 Å². The number of fused-ring (bicyclic) bond motifs is 3. The van der Waals surface area contributed by atoms with Crippen LogP contribution in [0, 0.1) is 12.3 Å². The Morgan fingerprint density at radius 2 is 1.76 bits per heavy atom. The number of rotatable bonds is 6. The Morgan fingerprint density at radius 1 is 1.06 bits per heavy atom. The first-order chi connectivity index (χ1) is 15.9. The lowest BCUT2D eigenvalue weighted by Gasteiger charge is -2.18. The molecule has 0 aliphatic rings. The summed E-state index contributed by atoms with van der Waals surface area (Å²) in [5.74, 6) is 2.18. The molecule has 8 heteroatoms. The summed E-state index contributed by atoms with van der Waals surface area (Å²) < 4.78 is 29.6. The Bertz CT molecular complexity index is 1550. The van der Waals surface area contributed by atoms with Crippen LogP contribution in [0.3, 0.4) is 0 Å². The summed E-state index contributed by atoms with van der Waals surface area (Å²) in [4.78, 5) is 17.9. The standard InChI is InChI=1S/C25H23N3O3S2/c1-4-17-28-22-16-13-18-9-7-8-10-21(18)23(22)32-25(28)26-24(29)19-11-14-20(15-12-19)33(30,31)27(5-2)6-3/h1,7-16H,5-6,17H2,2-3H3. The van der Waals surface area contributed by atoms with Crippen molar-refractivity contribution in [3.63, 3.8) is 0 Å². The second-order valence-electron chi connectivity index (χ2n) is 7.34. The van der Waals surface area contributed by atoms with Crippen molar-refractivity contribution < 1.29 is 13.2 Å². The summed E-state index contributed by atoms with van der Waals surface area (Å²) in [6, 6.07) is 17.9. The van der Waals surface area contributed by atoms with Crippen molar-refractivity contribution in [3.05, 3.63) is 71.0 Å². The number of carbonyl (C=O) groups excluding carboxylic acids is 1. The minimum atomic E-state index is -3.59. The van der Waals surface area contributed by atoms with Gasteiger partial charge in [-0.2, -0.15) is 9.30 Å². The second kappa shape index (κ2) is 9.32. The van der Waals surface area contributed by atoms with E-state index in [-0.39, 0.29) is 11.4 Å². The molecule has 1 aromatic heterocycles. The molecule has 0 N–H and O–H groups in total. The third-order valence-corrected chi connectivity index (χ3v) is 8.66. The molecule has 1 amide bonds. The van der Waals surface area contributed by atoms with Crippen molar-refractivity contribution in [2.75, 3.05) is 13.1 Å². The Balaban J connectivity index is 1.77. The van der Waals surface area contributed by atoms with E-state index in [0.717, 1.165) is 21.0 Å². The smallest absolute Gasteiger partial charge is 0.279 e. The third-order valence-electron chi connectivity index (χ3n) is 5.46. The summed E-state index contributed by atoms with van der Waals surface area (Å²) in [7, 11) is -3.59. The van der Waals surface area contributed by atoms with Gasteiger partial charge >= 0.3 is 0 Å². The van der Waals surface area contributed by atoms with E-state index in [1.54, 1.807) is 13.8 Å². The van der Waals surface area contributed by atoms with Crippen LogP contribution in [0.1, 0.15) is 24.2 Å². The van der Waals surface area contributed by atoms with Crippen molar-refractivity contribution in [3.8, 4) is 12.3 Å². The van der Waals surface area contributed by atoms with Crippen LogP contribution in [0.15, 0.2) is 70.6 Å². The number of amides is 1. The molecule has 0 bridgehead atoms. The van der Waals surface area contributed by atoms with Gasteiger partial charge in [-0.3, -0.25) is 4.79 Å². The largest absolute Gasteiger partial charge is 0.305 e. The highest BCUT2D eigenvalue weighted by Gasteiger charge is 2.21. The van der Waals surface area contributed by atoms with Crippen molar-refractivity contribution in [1.82, 2.24) is 8.87 Å². The number of sulfonamides is 1. The molecule has 0 atom stereocenters. The molecule has 0 saturated heterocycles. The molecule has 4 rings (SSSR count). The molecule has 168 valence electrons. The minimum Gasteiger partial charge on any atom is -0.305 e. The summed E-state index contributed by atoms with van der Waals surface area (Å²) in [5, 5.41) is 2.17. The fraction of sp³-hybridized carbons (Fsp3) is 0.200. The molecule has 0 unspecified atom stereocenters. The van der Waals surface area contributed by atoms with Gasteiger partial charge in [-0.05, 0) is 35.7 Å². The molecule has 0 saturated carbocycles. The average Bonchev–Trinajstić information content (AvgIpc) is 3.17. The molecule has 1 heterocycles. The topological polar surface area (TPSA) is 71.7 Å². The molecular weight excluding hydrogens is 454 g/mol. The van der Waals surface area contributed by atoms with E-state index in [2.05, 4.69) is 10.9 Å². The lowest BCUT2D eigenvalue weighted by Crippen LogP contribution is -2.30. The van der Waals surface area contributed by atoms with E-state index in [1.807, 2.05) is 41.0 Å². The molecule has 0 fully saturated rings. The number of hydrogen-bond donors (Lipinski definition) is 0. The SMILES string of the molecule is C#CCn1c(=NC(=O)c2ccc(S(=O)(=O)N(CC)CC)cc2)sc2c3ccccc3ccc21. The van der Waals surface area contributed by atoms with Crippen molar-refractivity contribution in [2.24, 2.45) is 4.99 Å². The number of aromatic nitrogens is 1. The molecule has 33 heavy (non-hydrogen) atoms. The number of terminal acetylenes is 1. The van der Waals surface area contributed by atoms with Gasteiger partial charge in [0.15, 0.2) is 4.80 Å². The predicted octanol–water partition coefficient (Wildman–Crippen LogP) is 4.26. The fourth-order valence-corrected chi connectivity index (χ4v) is 6.38. The first kappa shape index (κ1) is 22.9. The lowest BCUT2D eigenvalue weighted by atomic mass is 10.1. The van der Waals surface area contributed by atoms with E-state index in [0.29, 0.717) is 23.5 Å². The third kappa shape index (κ3) is 4.23. The van der Waals surface area contributed by atoms with Crippen LogP contribution in [0.5, 0.6) is 0 Å². The maximum Gasteiger partial charge on any atom is 0.279 e. The van der Waals surface area contributed by atoms with E-state index in [9.17, 15) is 13.2 Å². The second-order valence-corrected chi connectivity index (χ2v) is 10.3. The predicted molar refractivity (Wildman–Crippen MR) is 133 cm³/mol. The van der Waals surface area contributed by atoms with Gasteiger partial charge in [0.05, 0.1) is 21.7 Å². The van der Waals surface area contributed by atoms with Gasteiger partial charge < -0.3 is 4.57 Å². The number of thiazole rings is 1. The highest BCUT2D eigenvalue weighted by molar-refractivity contribution is 7.89. The summed E-state index contributed by atoms with van der Waals surface area (Å²) in [6.07, 6.45) is 5.59. The van der Waals surface area contributed by atoms with Crippen LogP contribution in [-0.2, 0) is 16.6 Å². The van der Waals surface area contributed by atoms with Crippen molar-refractivity contribution >= 4 is 48.3 Å². The Hall–Kier alpha value is -3.25. The zero-order valence-electron chi connectivity index (χ0n) is 18.4. The lowest BCUT2D eigenvalue weighted by molar-refractivity contribution is 0.0998. The van der Waals surface area contributed by atoms with Crippen LogP contribution in [0.4, 0.5) is 0 Å². The van der Waals surface area contributed by atoms with Gasteiger partial charge in [0, 0.05) is 24.0 Å². The van der Waals surface area contributed by atoms with Crippen LogP contribution < -0.4 is 4.80 Å². The van der Waals surface area contributed by atoms with Gasteiger partial charge in [0.25, 0.3) is 5.91 Å². The van der Waals surface area contributed by atoms with Crippen LogP contribution in [-0.4, -0.2) is 36.3 Å². The minimum absolute atomic E-state index is 0.151. The first-order valence-corrected chi connectivity index (χ1v) is 12.8. The Morgan fingerprint density at radius 3 is 2.42 bits per heavy atom. The average molecular weight is 478 g/mol. The van der Waals surface area contributed by atoms with Crippen molar-refractivity contribution in [2.45, 2.75) is 25.3 Å². The number of benzene rings is 3. The molecule has 6 nitrogen and oxygen atoms in total. The monoisotopic (exact) mass is 477 g/mol. The molecule has 0 aliphatic carbocycles. The summed E-state index contributed by atoms with van der Waals surface area (Å²) in [5.41, 5.74) is 1.23. The zero-order valence-corrected chi connectivity index (χ0v) is 20.0. The molecular formula is C25H23N3O3S2. The molecule has 0 aliphatic heterocycles. The maximum atomic E-state index is 12.9. The first-order valence-electron chi connectivity index (χ1n) is 10.5. The highest BCUT2D eigenvalue weighted by Crippen LogP contribution is 2.27. The van der Waals surface area contributed by atoms with Gasteiger partial charge in [-0.25, -0.2) is 8.42 Å². The van der Waals surface area contributed by atoms with E-state index in [1.165, 1.54) is 39.9 Å². The molecule has 0 radical (unpaired) electrons. The van der Waals surface area contributed by atoms with E-state index >= 15 is 0 Å². The molecule has 3 aromatic carbocycles. The maximum absolute atomic E-state index is 12.9. The molecule has 4 aromatic rings. The van der Waals surface area contributed by atoms with Gasteiger partial charge in [0.1, 0.15) is 0 Å². The van der Waals surface area contributed by atoms with E-state index < -0.39 is 15.9 Å². The normalized spacial score (nSPS) is 12.5. The number of hydrogen-bond acceptors (Lipinski definition) is 4. The van der Waals surface area contributed by atoms with Gasteiger partial charge in [-0.1, -0.05) is 61.4 Å². The van der Waals surface area contributed by atoms with E-state index in [4.69, 9.17) is 6.42 Å². The Kier molecular flexibility index (Phi) is 6.47.